The van der Waals surface area contributed by atoms with Crippen molar-refractivity contribution < 1.29 is 9.18 Å². The Morgan fingerprint density at radius 2 is 2.31 bits per heavy atom. The Hall–Kier alpha value is -1.23. The molecule has 0 saturated heterocycles. The number of thioether (sulfide) groups is 1. The van der Waals surface area contributed by atoms with Gasteiger partial charge in [-0.2, -0.15) is 0 Å². The summed E-state index contributed by atoms with van der Waals surface area (Å²) in [7, 11) is 0. The van der Waals surface area contributed by atoms with E-state index in [1.165, 1.54) is 17.8 Å². The van der Waals surface area contributed by atoms with Gasteiger partial charge in [-0.15, -0.1) is 11.8 Å². The Kier molecular flexibility index (Phi) is 5.11. The highest BCUT2D eigenvalue weighted by Crippen LogP contribution is 2.23. The van der Waals surface area contributed by atoms with E-state index in [9.17, 15) is 9.18 Å². The van der Waals surface area contributed by atoms with E-state index in [0.29, 0.717) is 17.1 Å². The molecule has 0 spiro atoms. The van der Waals surface area contributed by atoms with Gasteiger partial charge in [-0.3, -0.25) is 4.79 Å². The molecule has 5 heteroatoms. The predicted molar refractivity (Wildman–Crippen MR) is 64.8 cm³/mol. The van der Waals surface area contributed by atoms with Crippen LogP contribution in [-0.2, 0) is 4.79 Å². The standard InChI is InChI=1S/C11H15FN2OS/c1-2-5-14-11(15)7-16-10-4-3-8(13)6-9(10)12/h3-4,6H,2,5,7,13H2,1H3,(H,14,15). The van der Waals surface area contributed by atoms with E-state index in [4.69, 9.17) is 5.73 Å². The lowest BCUT2D eigenvalue weighted by Gasteiger charge is -2.04. The van der Waals surface area contributed by atoms with E-state index >= 15 is 0 Å². The third-order valence-electron chi connectivity index (χ3n) is 1.89. The van der Waals surface area contributed by atoms with Gasteiger partial charge in [0.15, 0.2) is 0 Å². The Morgan fingerprint density at radius 3 is 2.94 bits per heavy atom. The molecule has 0 bridgehead atoms. The minimum absolute atomic E-state index is 0.0805. The number of benzene rings is 1. The molecular formula is C11H15FN2OS. The zero-order chi connectivity index (χ0) is 12.0. The molecule has 0 saturated carbocycles. The minimum atomic E-state index is -0.381. The summed E-state index contributed by atoms with van der Waals surface area (Å²) in [4.78, 5) is 11.7. The van der Waals surface area contributed by atoms with Gasteiger partial charge in [0, 0.05) is 17.1 Å². The van der Waals surface area contributed by atoms with Gasteiger partial charge in [-0.05, 0) is 24.6 Å². The fourth-order valence-electron chi connectivity index (χ4n) is 1.09. The fourth-order valence-corrected chi connectivity index (χ4v) is 1.84. The lowest BCUT2D eigenvalue weighted by atomic mass is 10.3. The van der Waals surface area contributed by atoms with Crippen molar-refractivity contribution in [2.24, 2.45) is 0 Å². The number of halogens is 1. The summed E-state index contributed by atoms with van der Waals surface area (Å²) in [6, 6.07) is 4.46. The molecule has 0 atom stereocenters. The average Bonchev–Trinajstić information content (AvgIpc) is 2.25. The van der Waals surface area contributed by atoms with Crippen molar-refractivity contribution in [2.75, 3.05) is 18.0 Å². The van der Waals surface area contributed by atoms with Gasteiger partial charge in [-0.1, -0.05) is 6.92 Å². The van der Waals surface area contributed by atoms with Gasteiger partial charge in [-0.25, -0.2) is 4.39 Å². The van der Waals surface area contributed by atoms with Gasteiger partial charge in [0.25, 0.3) is 0 Å². The first-order valence-electron chi connectivity index (χ1n) is 5.08. The quantitative estimate of drug-likeness (QED) is 0.613. The molecule has 1 rings (SSSR count). The SMILES string of the molecule is CCCNC(=O)CSc1ccc(N)cc1F. The number of nitrogens with two attached hydrogens (primary N) is 1. The number of hydrogen-bond donors (Lipinski definition) is 2. The van der Waals surface area contributed by atoms with Crippen molar-refractivity contribution in [1.29, 1.82) is 0 Å². The van der Waals surface area contributed by atoms with Crippen molar-refractivity contribution in [1.82, 2.24) is 5.32 Å². The molecule has 0 aliphatic heterocycles. The van der Waals surface area contributed by atoms with Gasteiger partial charge >= 0.3 is 0 Å². The van der Waals surface area contributed by atoms with Crippen LogP contribution in [0.15, 0.2) is 23.1 Å². The molecule has 0 unspecified atom stereocenters. The number of carbonyl (C=O) groups is 1. The second-order valence-corrected chi connectivity index (χ2v) is 4.35. The van der Waals surface area contributed by atoms with Gasteiger partial charge in [0.05, 0.1) is 5.75 Å². The third-order valence-corrected chi connectivity index (χ3v) is 2.94. The molecule has 1 aromatic carbocycles. The van der Waals surface area contributed by atoms with Crippen molar-refractivity contribution in [2.45, 2.75) is 18.2 Å². The molecule has 0 aromatic heterocycles. The molecule has 0 aliphatic carbocycles. The summed E-state index contributed by atoms with van der Waals surface area (Å²) in [5.74, 6) is -0.239. The second-order valence-electron chi connectivity index (χ2n) is 3.33. The number of nitrogens with one attached hydrogen (secondary N) is 1. The average molecular weight is 242 g/mol. The van der Waals surface area contributed by atoms with Gasteiger partial charge in [0.1, 0.15) is 5.82 Å². The van der Waals surface area contributed by atoms with E-state index in [1.807, 2.05) is 6.92 Å². The highest BCUT2D eigenvalue weighted by Gasteiger charge is 2.06. The van der Waals surface area contributed by atoms with Crippen LogP contribution in [0.25, 0.3) is 0 Å². The highest BCUT2D eigenvalue weighted by atomic mass is 32.2. The minimum Gasteiger partial charge on any atom is -0.399 e. The Morgan fingerprint density at radius 1 is 1.56 bits per heavy atom. The molecule has 1 amide bonds. The van der Waals surface area contributed by atoms with Crippen LogP contribution in [-0.4, -0.2) is 18.2 Å². The Bertz CT molecular complexity index is 371. The van der Waals surface area contributed by atoms with Crippen molar-refractivity contribution >= 4 is 23.4 Å². The van der Waals surface area contributed by atoms with Crippen molar-refractivity contribution in [3.05, 3.63) is 24.0 Å². The smallest absolute Gasteiger partial charge is 0.230 e. The molecular weight excluding hydrogens is 227 g/mol. The summed E-state index contributed by atoms with van der Waals surface area (Å²) >= 11 is 1.17. The number of nitrogen functional groups attached to an aromatic ring is 1. The number of amides is 1. The summed E-state index contributed by atoms with van der Waals surface area (Å²) in [6.45, 7) is 2.64. The molecule has 16 heavy (non-hydrogen) atoms. The van der Waals surface area contributed by atoms with Crippen LogP contribution in [0, 0.1) is 5.82 Å². The maximum Gasteiger partial charge on any atom is 0.230 e. The Labute approximate surface area is 98.6 Å². The first-order valence-corrected chi connectivity index (χ1v) is 6.06. The van der Waals surface area contributed by atoms with Crippen LogP contribution in [0.4, 0.5) is 10.1 Å². The van der Waals surface area contributed by atoms with Crippen LogP contribution in [0.2, 0.25) is 0 Å². The maximum absolute atomic E-state index is 13.3. The number of rotatable bonds is 5. The third kappa shape index (κ3) is 4.10. The predicted octanol–water partition coefficient (Wildman–Crippen LogP) is 2.03. The van der Waals surface area contributed by atoms with E-state index in [0.717, 1.165) is 6.42 Å². The largest absolute Gasteiger partial charge is 0.399 e. The van der Waals surface area contributed by atoms with Crippen LogP contribution in [0.1, 0.15) is 13.3 Å². The molecule has 88 valence electrons. The van der Waals surface area contributed by atoms with Gasteiger partial charge < -0.3 is 11.1 Å². The second kappa shape index (κ2) is 6.37. The fraction of sp³-hybridized carbons (Fsp3) is 0.364. The van der Waals surface area contributed by atoms with E-state index < -0.39 is 0 Å². The first-order chi connectivity index (χ1) is 7.63. The molecule has 1 aromatic rings. The molecule has 0 aliphatic rings. The van der Waals surface area contributed by atoms with Crippen LogP contribution in [0.5, 0.6) is 0 Å². The summed E-state index contributed by atoms with van der Waals surface area (Å²) in [6.07, 6.45) is 0.895. The lowest BCUT2D eigenvalue weighted by molar-refractivity contribution is -0.118. The maximum atomic E-state index is 13.3. The molecule has 0 radical (unpaired) electrons. The normalized spacial score (nSPS) is 10.1. The highest BCUT2D eigenvalue weighted by molar-refractivity contribution is 8.00. The zero-order valence-corrected chi connectivity index (χ0v) is 9.94. The van der Waals surface area contributed by atoms with Gasteiger partial charge in [0.2, 0.25) is 5.91 Å². The molecule has 0 heterocycles. The lowest BCUT2D eigenvalue weighted by Crippen LogP contribution is -2.25. The van der Waals surface area contributed by atoms with Crippen LogP contribution < -0.4 is 11.1 Å². The summed E-state index contributed by atoms with van der Waals surface area (Å²) in [5.41, 5.74) is 5.81. The molecule has 0 fully saturated rings. The monoisotopic (exact) mass is 242 g/mol. The van der Waals surface area contributed by atoms with E-state index in [1.54, 1.807) is 12.1 Å². The van der Waals surface area contributed by atoms with Crippen LogP contribution in [0.3, 0.4) is 0 Å². The summed E-state index contributed by atoms with van der Waals surface area (Å²) < 4.78 is 13.3. The van der Waals surface area contributed by atoms with Crippen molar-refractivity contribution in [3.63, 3.8) is 0 Å². The van der Waals surface area contributed by atoms with E-state index in [-0.39, 0.29) is 17.5 Å². The van der Waals surface area contributed by atoms with Crippen LogP contribution >= 0.6 is 11.8 Å². The number of anilines is 1. The van der Waals surface area contributed by atoms with E-state index in [2.05, 4.69) is 5.32 Å². The molecule has 3 N–H and O–H groups in total. The molecule has 3 nitrogen and oxygen atoms in total. The first kappa shape index (κ1) is 12.8. The number of hydrogen-bond acceptors (Lipinski definition) is 3. The number of carbonyl (C=O) groups excluding carboxylic acids is 1. The zero-order valence-electron chi connectivity index (χ0n) is 9.13. The summed E-state index contributed by atoms with van der Waals surface area (Å²) in [5, 5.41) is 2.73. The van der Waals surface area contributed by atoms with Crippen molar-refractivity contribution in [3.8, 4) is 0 Å². The topological polar surface area (TPSA) is 55.1 Å². The Balaban J connectivity index is 2.45.